The van der Waals surface area contributed by atoms with Crippen LogP contribution >= 0.6 is 12.2 Å². The van der Waals surface area contributed by atoms with Crippen molar-refractivity contribution in [3.8, 4) is 0 Å². The Labute approximate surface area is 122 Å². The van der Waals surface area contributed by atoms with Crippen molar-refractivity contribution in [3.63, 3.8) is 0 Å². The zero-order valence-electron chi connectivity index (χ0n) is 12.8. The van der Waals surface area contributed by atoms with Crippen LogP contribution in [0.15, 0.2) is 0 Å². The van der Waals surface area contributed by atoms with E-state index in [0.29, 0.717) is 23.2 Å². The fraction of sp³-hybridized carbons (Fsp3) is 0.867. The summed E-state index contributed by atoms with van der Waals surface area (Å²) in [6.45, 7) is 10.2. The van der Waals surface area contributed by atoms with E-state index in [0.717, 1.165) is 25.9 Å². The normalized spacial score (nSPS) is 19.3. The number of carbonyl (C=O) groups is 1. The number of hydrogen-bond acceptors (Lipinski definition) is 2. The van der Waals surface area contributed by atoms with Gasteiger partial charge in [-0.15, -0.1) is 0 Å². The van der Waals surface area contributed by atoms with Crippen LogP contribution in [0.5, 0.6) is 0 Å². The molecule has 0 bridgehead atoms. The first kappa shape index (κ1) is 16.4. The first-order chi connectivity index (χ1) is 8.85. The smallest absolute Gasteiger partial charge is 0.235 e. The van der Waals surface area contributed by atoms with E-state index in [-0.39, 0.29) is 5.91 Å². The standard InChI is InChI=1S/C15H28N2OS/c1-5-14(4)8-10-17(11-9-14)13(18)15(6-2,7-3)12(16)19/h5-11H2,1-4H3,(H2,16,19). The minimum atomic E-state index is -0.630. The van der Waals surface area contributed by atoms with Gasteiger partial charge in [0, 0.05) is 13.1 Å². The van der Waals surface area contributed by atoms with Crippen molar-refractivity contribution in [1.29, 1.82) is 0 Å². The number of thiocarbonyl (C=S) groups is 1. The molecule has 0 aliphatic carbocycles. The van der Waals surface area contributed by atoms with Gasteiger partial charge in [-0.2, -0.15) is 0 Å². The van der Waals surface area contributed by atoms with Crippen LogP contribution in [0.4, 0.5) is 0 Å². The van der Waals surface area contributed by atoms with Gasteiger partial charge in [-0.05, 0) is 31.1 Å². The molecule has 1 fully saturated rings. The Hall–Kier alpha value is -0.640. The van der Waals surface area contributed by atoms with Crippen molar-refractivity contribution < 1.29 is 4.79 Å². The summed E-state index contributed by atoms with van der Waals surface area (Å²) in [6.07, 6.45) is 4.72. The molecular weight excluding hydrogens is 256 g/mol. The van der Waals surface area contributed by atoms with Crippen LogP contribution in [0, 0.1) is 10.8 Å². The second-order valence-corrected chi connectivity index (χ2v) is 6.55. The van der Waals surface area contributed by atoms with Crippen molar-refractivity contribution in [2.24, 2.45) is 16.6 Å². The molecule has 1 amide bonds. The highest BCUT2D eigenvalue weighted by Crippen LogP contribution is 2.37. The van der Waals surface area contributed by atoms with Gasteiger partial charge in [0.25, 0.3) is 0 Å². The summed E-state index contributed by atoms with van der Waals surface area (Å²) in [5, 5.41) is 0. The third kappa shape index (κ3) is 3.10. The van der Waals surface area contributed by atoms with E-state index in [1.165, 1.54) is 6.42 Å². The third-order valence-electron chi connectivity index (χ3n) is 5.20. The van der Waals surface area contributed by atoms with Gasteiger partial charge in [-0.25, -0.2) is 0 Å². The minimum absolute atomic E-state index is 0.142. The monoisotopic (exact) mass is 284 g/mol. The maximum absolute atomic E-state index is 12.8. The highest BCUT2D eigenvalue weighted by Gasteiger charge is 2.42. The van der Waals surface area contributed by atoms with Crippen molar-refractivity contribution >= 4 is 23.1 Å². The fourth-order valence-corrected chi connectivity index (χ4v) is 3.29. The molecule has 0 aromatic heterocycles. The summed E-state index contributed by atoms with van der Waals surface area (Å²) in [6, 6.07) is 0. The molecule has 0 unspecified atom stereocenters. The minimum Gasteiger partial charge on any atom is -0.392 e. The average molecular weight is 284 g/mol. The van der Waals surface area contributed by atoms with E-state index in [9.17, 15) is 4.79 Å². The molecule has 19 heavy (non-hydrogen) atoms. The molecule has 0 aromatic rings. The van der Waals surface area contributed by atoms with Gasteiger partial charge in [0.1, 0.15) is 0 Å². The third-order valence-corrected chi connectivity index (χ3v) is 5.59. The Balaban J connectivity index is 2.81. The molecule has 1 aliphatic rings. The molecule has 0 saturated carbocycles. The predicted molar refractivity (Wildman–Crippen MR) is 84.0 cm³/mol. The predicted octanol–water partition coefficient (Wildman–Crippen LogP) is 3.12. The number of carbonyl (C=O) groups excluding carboxylic acids is 1. The molecule has 4 heteroatoms. The summed E-state index contributed by atoms with van der Waals surface area (Å²) in [5.74, 6) is 0.142. The second kappa shape index (κ2) is 6.21. The Morgan fingerprint density at radius 2 is 1.74 bits per heavy atom. The van der Waals surface area contributed by atoms with Crippen LogP contribution in [0.25, 0.3) is 0 Å². The second-order valence-electron chi connectivity index (χ2n) is 6.11. The summed E-state index contributed by atoms with van der Waals surface area (Å²) in [5.41, 5.74) is 5.62. The number of nitrogens with zero attached hydrogens (tertiary/aromatic N) is 1. The van der Waals surface area contributed by atoms with Gasteiger partial charge in [-0.1, -0.05) is 46.3 Å². The number of piperidine rings is 1. The molecule has 1 aliphatic heterocycles. The molecule has 1 heterocycles. The molecule has 0 atom stereocenters. The Bertz CT molecular complexity index is 342. The zero-order valence-corrected chi connectivity index (χ0v) is 13.6. The average Bonchev–Trinajstić information content (AvgIpc) is 2.41. The van der Waals surface area contributed by atoms with Crippen molar-refractivity contribution in [2.45, 2.75) is 59.8 Å². The van der Waals surface area contributed by atoms with Gasteiger partial charge in [-0.3, -0.25) is 4.79 Å². The Morgan fingerprint density at radius 1 is 1.26 bits per heavy atom. The maximum atomic E-state index is 12.8. The van der Waals surface area contributed by atoms with Crippen LogP contribution < -0.4 is 5.73 Å². The zero-order chi connectivity index (χ0) is 14.7. The van der Waals surface area contributed by atoms with Crippen LogP contribution in [-0.2, 0) is 4.79 Å². The van der Waals surface area contributed by atoms with Crippen LogP contribution in [0.3, 0.4) is 0 Å². The molecule has 3 nitrogen and oxygen atoms in total. The number of nitrogens with two attached hydrogens (primary N) is 1. The molecular formula is C15H28N2OS. The number of hydrogen-bond donors (Lipinski definition) is 1. The molecule has 0 radical (unpaired) electrons. The fourth-order valence-electron chi connectivity index (χ4n) is 2.91. The van der Waals surface area contributed by atoms with Crippen LogP contribution in [0.1, 0.15) is 59.8 Å². The molecule has 2 N–H and O–H groups in total. The van der Waals surface area contributed by atoms with E-state index >= 15 is 0 Å². The van der Waals surface area contributed by atoms with Gasteiger partial charge in [0.15, 0.2) is 0 Å². The van der Waals surface area contributed by atoms with E-state index in [2.05, 4.69) is 13.8 Å². The summed E-state index contributed by atoms with van der Waals surface area (Å²) in [7, 11) is 0. The summed E-state index contributed by atoms with van der Waals surface area (Å²) in [4.78, 5) is 15.1. The van der Waals surface area contributed by atoms with E-state index in [4.69, 9.17) is 18.0 Å². The first-order valence-electron chi connectivity index (χ1n) is 7.44. The Morgan fingerprint density at radius 3 is 2.05 bits per heavy atom. The lowest BCUT2D eigenvalue weighted by Crippen LogP contribution is -2.53. The summed E-state index contributed by atoms with van der Waals surface area (Å²) < 4.78 is 0. The van der Waals surface area contributed by atoms with Crippen molar-refractivity contribution in [1.82, 2.24) is 4.90 Å². The topological polar surface area (TPSA) is 46.3 Å². The molecule has 1 rings (SSSR count). The quantitative estimate of drug-likeness (QED) is 0.789. The first-order valence-corrected chi connectivity index (χ1v) is 7.85. The lowest BCUT2D eigenvalue weighted by atomic mass is 9.76. The van der Waals surface area contributed by atoms with Crippen molar-refractivity contribution in [3.05, 3.63) is 0 Å². The number of likely N-dealkylation sites (tertiary alicyclic amines) is 1. The lowest BCUT2D eigenvalue weighted by molar-refractivity contribution is -0.141. The molecule has 1 saturated heterocycles. The lowest BCUT2D eigenvalue weighted by Gasteiger charge is -2.42. The number of amides is 1. The van der Waals surface area contributed by atoms with Crippen molar-refractivity contribution in [2.75, 3.05) is 13.1 Å². The van der Waals surface area contributed by atoms with Crippen LogP contribution in [0.2, 0.25) is 0 Å². The molecule has 110 valence electrons. The highest BCUT2D eigenvalue weighted by atomic mass is 32.1. The Kier molecular flexibility index (Phi) is 5.36. The summed E-state index contributed by atoms with van der Waals surface area (Å²) >= 11 is 5.17. The van der Waals surface area contributed by atoms with Gasteiger partial charge in [0.2, 0.25) is 5.91 Å². The van der Waals surface area contributed by atoms with Crippen LogP contribution in [-0.4, -0.2) is 28.9 Å². The van der Waals surface area contributed by atoms with E-state index < -0.39 is 5.41 Å². The van der Waals surface area contributed by atoms with Gasteiger partial charge in [0.05, 0.1) is 10.4 Å². The SMILES string of the molecule is CCC1(C)CCN(C(=O)C(CC)(CC)C(N)=S)CC1. The highest BCUT2D eigenvalue weighted by molar-refractivity contribution is 7.80. The van der Waals surface area contributed by atoms with E-state index in [1.807, 2.05) is 18.7 Å². The molecule has 0 aromatic carbocycles. The number of rotatable bonds is 5. The largest absolute Gasteiger partial charge is 0.392 e. The maximum Gasteiger partial charge on any atom is 0.235 e. The molecule has 0 spiro atoms. The van der Waals surface area contributed by atoms with Gasteiger partial charge >= 0.3 is 0 Å². The van der Waals surface area contributed by atoms with Gasteiger partial charge < -0.3 is 10.6 Å². The van der Waals surface area contributed by atoms with E-state index in [1.54, 1.807) is 0 Å².